The Hall–Kier alpha value is -1.26. The zero-order valence-corrected chi connectivity index (χ0v) is 10.4. The van der Waals surface area contributed by atoms with E-state index in [4.69, 9.17) is 18.9 Å². The predicted molar refractivity (Wildman–Crippen MR) is 63.4 cm³/mol. The smallest absolute Gasteiger partial charge is 0.184 e. The molecule has 1 heterocycles. The fourth-order valence-electron chi connectivity index (χ4n) is 1.83. The fourth-order valence-corrected chi connectivity index (χ4v) is 1.83. The molecule has 0 aromatic heterocycles. The second-order valence-electron chi connectivity index (χ2n) is 4.05. The van der Waals surface area contributed by atoms with E-state index in [1.54, 1.807) is 14.2 Å². The standard InChI is InChI=1S/C13H18O4/c1-9-6-7-16-13(17-9)10-4-5-11(14-2)12(8-10)15-3/h4-5,8-9,13H,6-7H2,1-3H3/t9-,13-/m0/s1. The van der Waals surface area contributed by atoms with Gasteiger partial charge in [-0.25, -0.2) is 0 Å². The van der Waals surface area contributed by atoms with Crippen molar-refractivity contribution in [2.24, 2.45) is 0 Å². The van der Waals surface area contributed by atoms with Crippen molar-refractivity contribution >= 4 is 0 Å². The van der Waals surface area contributed by atoms with Crippen molar-refractivity contribution in [2.45, 2.75) is 25.7 Å². The van der Waals surface area contributed by atoms with Crippen molar-refractivity contribution in [3.63, 3.8) is 0 Å². The lowest BCUT2D eigenvalue weighted by Crippen LogP contribution is -2.24. The first-order valence-corrected chi connectivity index (χ1v) is 5.73. The van der Waals surface area contributed by atoms with Crippen LogP contribution in [0.5, 0.6) is 11.5 Å². The van der Waals surface area contributed by atoms with Crippen molar-refractivity contribution in [1.82, 2.24) is 0 Å². The summed E-state index contributed by atoms with van der Waals surface area (Å²) in [7, 11) is 3.24. The summed E-state index contributed by atoms with van der Waals surface area (Å²) >= 11 is 0. The second kappa shape index (κ2) is 5.38. The van der Waals surface area contributed by atoms with Gasteiger partial charge in [-0.15, -0.1) is 0 Å². The zero-order chi connectivity index (χ0) is 12.3. The molecule has 0 amide bonds. The third kappa shape index (κ3) is 2.70. The van der Waals surface area contributed by atoms with Gasteiger partial charge in [0.05, 0.1) is 26.9 Å². The molecule has 0 radical (unpaired) electrons. The van der Waals surface area contributed by atoms with Gasteiger partial charge < -0.3 is 18.9 Å². The zero-order valence-electron chi connectivity index (χ0n) is 10.4. The molecule has 2 atom stereocenters. The number of rotatable bonds is 3. The maximum atomic E-state index is 5.73. The first-order valence-electron chi connectivity index (χ1n) is 5.73. The summed E-state index contributed by atoms with van der Waals surface area (Å²) in [4.78, 5) is 0. The maximum Gasteiger partial charge on any atom is 0.184 e. The van der Waals surface area contributed by atoms with Crippen molar-refractivity contribution in [3.8, 4) is 11.5 Å². The van der Waals surface area contributed by atoms with Crippen LogP contribution in [0.25, 0.3) is 0 Å². The molecular formula is C13H18O4. The Balaban J connectivity index is 2.20. The van der Waals surface area contributed by atoms with Crippen LogP contribution in [-0.4, -0.2) is 26.9 Å². The van der Waals surface area contributed by atoms with E-state index in [2.05, 4.69) is 6.92 Å². The van der Waals surface area contributed by atoms with Gasteiger partial charge in [0.2, 0.25) is 0 Å². The van der Waals surface area contributed by atoms with Gasteiger partial charge in [0.15, 0.2) is 17.8 Å². The molecule has 1 aromatic carbocycles. The van der Waals surface area contributed by atoms with E-state index in [-0.39, 0.29) is 12.4 Å². The molecule has 4 nitrogen and oxygen atoms in total. The number of hydrogen-bond acceptors (Lipinski definition) is 4. The molecule has 0 N–H and O–H groups in total. The molecule has 0 unspecified atom stereocenters. The summed E-state index contributed by atoms with van der Waals surface area (Å²) in [6.07, 6.45) is 0.851. The Labute approximate surface area is 101 Å². The first kappa shape index (κ1) is 12.2. The monoisotopic (exact) mass is 238 g/mol. The summed E-state index contributed by atoms with van der Waals surface area (Å²) in [5.41, 5.74) is 0.953. The average Bonchev–Trinajstić information content (AvgIpc) is 2.38. The molecule has 0 aliphatic carbocycles. The van der Waals surface area contributed by atoms with E-state index in [0.29, 0.717) is 11.5 Å². The molecule has 0 spiro atoms. The van der Waals surface area contributed by atoms with E-state index in [1.807, 2.05) is 18.2 Å². The summed E-state index contributed by atoms with van der Waals surface area (Å²) in [5, 5.41) is 0. The quantitative estimate of drug-likeness (QED) is 0.810. The molecule has 1 saturated heterocycles. The molecule has 4 heteroatoms. The van der Waals surface area contributed by atoms with Crippen molar-refractivity contribution in [2.75, 3.05) is 20.8 Å². The molecular weight excluding hydrogens is 220 g/mol. The number of hydrogen-bond donors (Lipinski definition) is 0. The van der Waals surface area contributed by atoms with Crippen LogP contribution in [0.4, 0.5) is 0 Å². The van der Waals surface area contributed by atoms with Gasteiger partial charge in [0.1, 0.15) is 0 Å². The third-order valence-electron chi connectivity index (χ3n) is 2.83. The minimum atomic E-state index is -0.307. The molecule has 94 valence electrons. The Morgan fingerprint density at radius 2 is 1.94 bits per heavy atom. The van der Waals surface area contributed by atoms with E-state index < -0.39 is 0 Å². The van der Waals surface area contributed by atoms with Gasteiger partial charge in [-0.1, -0.05) is 6.07 Å². The van der Waals surface area contributed by atoms with Crippen LogP contribution in [0.3, 0.4) is 0 Å². The van der Waals surface area contributed by atoms with Crippen molar-refractivity contribution < 1.29 is 18.9 Å². The molecule has 0 saturated carbocycles. The number of benzene rings is 1. The predicted octanol–water partition coefficient (Wildman–Crippen LogP) is 2.53. The van der Waals surface area contributed by atoms with Gasteiger partial charge in [0.25, 0.3) is 0 Å². The van der Waals surface area contributed by atoms with Crippen LogP contribution in [0.1, 0.15) is 25.2 Å². The van der Waals surface area contributed by atoms with Crippen LogP contribution in [0, 0.1) is 0 Å². The molecule has 1 aliphatic heterocycles. The minimum Gasteiger partial charge on any atom is -0.493 e. The van der Waals surface area contributed by atoms with Gasteiger partial charge in [-0.05, 0) is 25.5 Å². The highest BCUT2D eigenvalue weighted by molar-refractivity contribution is 5.43. The van der Waals surface area contributed by atoms with Gasteiger partial charge in [-0.3, -0.25) is 0 Å². The topological polar surface area (TPSA) is 36.9 Å². The molecule has 1 aliphatic rings. The SMILES string of the molecule is COc1ccc([C@H]2OCC[C@H](C)O2)cc1OC. The van der Waals surface area contributed by atoms with Crippen molar-refractivity contribution in [3.05, 3.63) is 23.8 Å². The van der Waals surface area contributed by atoms with Gasteiger partial charge >= 0.3 is 0 Å². The Bertz CT molecular complexity index is 378. The average molecular weight is 238 g/mol. The number of ether oxygens (including phenoxy) is 4. The molecule has 1 aromatic rings. The summed E-state index contributed by atoms with van der Waals surface area (Å²) < 4.78 is 21.8. The van der Waals surface area contributed by atoms with Gasteiger partial charge in [-0.2, -0.15) is 0 Å². The lowest BCUT2D eigenvalue weighted by atomic mass is 10.1. The fraction of sp³-hybridized carbons (Fsp3) is 0.538. The highest BCUT2D eigenvalue weighted by atomic mass is 16.7. The highest BCUT2D eigenvalue weighted by Crippen LogP contribution is 2.33. The van der Waals surface area contributed by atoms with Crippen LogP contribution in [0.2, 0.25) is 0 Å². The molecule has 1 fully saturated rings. The third-order valence-corrected chi connectivity index (χ3v) is 2.83. The Kier molecular flexibility index (Phi) is 3.86. The lowest BCUT2D eigenvalue weighted by molar-refractivity contribution is -0.212. The minimum absolute atomic E-state index is 0.224. The second-order valence-corrected chi connectivity index (χ2v) is 4.05. The van der Waals surface area contributed by atoms with E-state index in [1.165, 1.54) is 0 Å². The van der Waals surface area contributed by atoms with E-state index in [9.17, 15) is 0 Å². The van der Waals surface area contributed by atoms with Crippen LogP contribution in [-0.2, 0) is 9.47 Å². The maximum absolute atomic E-state index is 5.73. The van der Waals surface area contributed by atoms with Gasteiger partial charge in [0, 0.05) is 5.56 Å². The first-order chi connectivity index (χ1) is 8.24. The molecule has 17 heavy (non-hydrogen) atoms. The summed E-state index contributed by atoms with van der Waals surface area (Å²) in [6.45, 7) is 2.77. The van der Waals surface area contributed by atoms with Crippen molar-refractivity contribution in [1.29, 1.82) is 0 Å². The Morgan fingerprint density at radius 1 is 1.18 bits per heavy atom. The van der Waals surface area contributed by atoms with E-state index >= 15 is 0 Å². The Morgan fingerprint density at radius 3 is 2.59 bits per heavy atom. The highest BCUT2D eigenvalue weighted by Gasteiger charge is 2.22. The van der Waals surface area contributed by atoms with Crippen LogP contribution >= 0.6 is 0 Å². The molecule has 0 bridgehead atoms. The van der Waals surface area contributed by atoms with Crippen LogP contribution < -0.4 is 9.47 Å². The lowest BCUT2D eigenvalue weighted by Gasteiger charge is -2.28. The molecule has 2 rings (SSSR count). The summed E-state index contributed by atoms with van der Waals surface area (Å²) in [5.74, 6) is 1.40. The normalized spacial score (nSPS) is 24.4. The van der Waals surface area contributed by atoms with E-state index in [0.717, 1.165) is 18.6 Å². The number of methoxy groups -OCH3 is 2. The summed E-state index contributed by atoms with van der Waals surface area (Å²) in [6, 6.07) is 5.69. The van der Waals surface area contributed by atoms with Crippen LogP contribution in [0.15, 0.2) is 18.2 Å². The largest absolute Gasteiger partial charge is 0.493 e.